The van der Waals surface area contributed by atoms with Crippen LogP contribution in [0, 0.1) is 0 Å². The Balaban J connectivity index is 1.44. The highest BCUT2D eigenvalue weighted by molar-refractivity contribution is 7.13. The van der Waals surface area contributed by atoms with Gasteiger partial charge in [0.05, 0.1) is 5.56 Å². The van der Waals surface area contributed by atoms with Crippen LogP contribution < -0.4 is 15.4 Å². The highest BCUT2D eigenvalue weighted by Crippen LogP contribution is 2.26. The molecular weight excluding hydrogens is 346 g/mol. The standard InChI is InChI=1S/C20H19N3O2S/c24-19(17-3-1-2-16-13-21-8-10-25-18(16)17)23-12-14-4-6-15(7-5-14)20-22-9-11-26-20/h1-7,9,11,21H,8,10,12-13H2,(H,23,24). The first-order valence-corrected chi connectivity index (χ1v) is 9.41. The molecule has 1 amide bonds. The first-order chi connectivity index (χ1) is 12.8. The van der Waals surface area contributed by atoms with Gasteiger partial charge in [-0.2, -0.15) is 0 Å². The first kappa shape index (κ1) is 16.8. The van der Waals surface area contributed by atoms with Gasteiger partial charge in [-0.15, -0.1) is 11.3 Å². The summed E-state index contributed by atoms with van der Waals surface area (Å²) in [5, 5.41) is 9.23. The maximum absolute atomic E-state index is 12.6. The molecule has 5 nitrogen and oxygen atoms in total. The topological polar surface area (TPSA) is 63.2 Å². The predicted molar refractivity (Wildman–Crippen MR) is 102 cm³/mol. The minimum atomic E-state index is -0.118. The van der Waals surface area contributed by atoms with Gasteiger partial charge in [-0.25, -0.2) is 4.98 Å². The number of aromatic nitrogens is 1. The van der Waals surface area contributed by atoms with E-state index in [1.165, 1.54) is 0 Å². The second-order valence-electron chi connectivity index (χ2n) is 6.04. The Kier molecular flexibility index (Phi) is 4.95. The molecule has 1 aromatic heterocycles. The number of thiazole rings is 1. The lowest BCUT2D eigenvalue weighted by Crippen LogP contribution is -2.23. The van der Waals surface area contributed by atoms with E-state index < -0.39 is 0 Å². The number of hydrogen-bond acceptors (Lipinski definition) is 5. The Bertz CT molecular complexity index is 892. The van der Waals surface area contributed by atoms with Gasteiger partial charge in [0.1, 0.15) is 17.4 Å². The molecule has 0 saturated carbocycles. The maximum Gasteiger partial charge on any atom is 0.255 e. The molecule has 0 aliphatic carbocycles. The molecule has 0 unspecified atom stereocenters. The van der Waals surface area contributed by atoms with Crippen LogP contribution in [-0.2, 0) is 13.1 Å². The molecule has 2 aromatic carbocycles. The van der Waals surface area contributed by atoms with Crippen LogP contribution >= 0.6 is 11.3 Å². The van der Waals surface area contributed by atoms with Crippen molar-refractivity contribution >= 4 is 17.2 Å². The molecule has 26 heavy (non-hydrogen) atoms. The van der Waals surface area contributed by atoms with Crippen molar-refractivity contribution in [3.05, 3.63) is 70.7 Å². The summed E-state index contributed by atoms with van der Waals surface area (Å²) in [7, 11) is 0. The maximum atomic E-state index is 12.6. The second-order valence-corrected chi connectivity index (χ2v) is 6.93. The molecule has 3 aromatic rings. The molecule has 1 aliphatic heterocycles. The van der Waals surface area contributed by atoms with E-state index in [4.69, 9.17) is 4.74 Å². The summed E-state index contributed by atoms with van der Waals surface area (Å²) in [6.45, 7) is 2.53. The number of nitrogens with zero attached hydrogens (tertiary/aromatic N) is 1. The summed E-state index contributed by atoms with van der Waals surface area (Å²) < 4.78 is 5.78. The van der Waals surface area contributed by atoms with Gasteiger partial charge >= 0.3 is 0 Å². The Morgan fingerprint density at radius 2 is 2.12 bits per heavy atom. The fourth-order valence-corrected chi connectivity index (χ4v) is 3.57. The molecule has 0 atom stereocenters. The van der Waals surface area contributed by atoms with Crippen molar-refractivity contribution in [3.63, 3.8) is 0 Å². The minimum Gasteiger partial charge on any atom is -0.491 e. The zero-order valence-electron chi connectivity index (χ0n) is 14.2. The molecule has 0 radical (unpaired) electrons. The second kappa shape index (κ2) is 7.68. The Hall–Kier alpha value is -2.70. The summed E-state index contributed by atoms with van der Waals surface area (Å²) in [5.74, 6) is 0.571. The smallest absolute Gasteiger partial charge is 0.255 e. The minimum absolute atomic E-state index is 0.118. The normalized spacial score (nSPS) is 13.4. The van der Waals surface area contributed by atoms with E-state index in [1.54, 1.807) is 17.5 Å². The van der Waals surface area contributed by atoms with E-state index in [0.29, 0.717) is 31.0 Å². The van der Waals surface area contributed by atoms with Crippen LogP contribution in [0.25, 0.3) is 10.6 Å². The molecular formula is C20H19N3O2S. The van der Waals surface area contributed by atoms with Gasteiger partial charge in [0.15, 0.2) is 0 Å². The molecule has 132 valence electrons. The summed E-state index contributed by atoms with van der Waals surface area (Å²) in [6.07, 6.45) is 1.80. The van der Waals surface area contributed by atoms with Gasteiger partial charge in [-0.3, -0.25) is 4.79 Å². The van der Waals surface area contributed by atoms with Gasteiger partial charge in [-0.1, -0.05) is 36.4 Å². The summed E-state index contributed by atoms with van der Waals surface area (Å²) in [5.41, 5.74) is 3.74. The van der Waals surface area contributed by atoms with E-state index in [2.05, 4.69) is 15.6 Å². The van der Waals surface area contributed by atoms with Crippen molar-refractivity contribution in [1.29, 1.82) is 0 Å². The van der Waals surface area contributed by atoms with Gasteiger partial charge < -0.3 is 15.4 Å². The predicted octanol–water partition coefficient (Wildman–Crippen LogP) is 3.22. The van der Waals surface area contributed by atoms with Crippen LogP contribution in [0.1, 0.15) is 21.5 Å². The number of para-hydroxylation sites is 1. The van der Waals surface area contributed by atoms with Crippen molar-refractivity contribution in [2.24, 2.45) is 0 Å². The monoisotopic (exact) mass is 365 g/mol. The summed E-state index contributed by atoms with van der Waals surface area (Å²) in [6, 6.07) is 13.8. The Morgan fingerprint density at radius 1 is 1.23 bits per heavy atom. The molecule has 0 saturated heterocycles. The number of hydrogen-bond donors (Lipinski definition) is 2. The highest BCUT2D eigenvalue weighted by atomic mass is 32.1. The lowest BCUT2D eigenvalue weighted by molar-refractivity contribution is 0.0947. The lowest BCUT2D eigenvalue weighted by atomic mass is 10.1. The number of ether oxygens (including phenoxy) is 1. The highest BCUT2D eigenvalue weighted by Gasteiger charge is 2.17. The molecule has 2 heterocycles. The first-order valence-electron chi connectivity index (χ1n) is 8.54. The van der Waals surface area contributed by atoms with Gasteiger partial charge in [-0.05, 0) is 11.6 Å². The van der Waals surface area contributed by atoms with Gasteiger partial charge in [0.2, 0.25) is 0 Å². The lowest BCUT2D eigenvalue weighted by Gasteiger charge is -2.13. The van der Waals surface area contributed by atoms with E-state index in [9.17, 15) is 4.79 Å². The van der Waals surface area contributed by atoms with Crippen molar-refractivity contribution in [3.8, 4) is 16.3 Å². The van der Waals surface area contributed by atoms with E-state index in [0.717, 1.165) is 28.2 Å². The largest absolute Gasteiger partial charge is 0.491 e. The number of benzene rings is 2. The van der Waals surface area contributed by atoms with Crippen LogP contribution in [0.3, 0.4) is 0 Å². The van der Waals surface area contributed by atoms with Crippen molar-refractivity contribution in [2.75, 3.05) is 13.2 Å². The number of nitrogens with one attached hydrogen (secondary N) is 2. The molecule has 0 bridgehead atoms. The Labute approximate surface area is 156 Å². The van der Waals surface area contributed by atoms with Crippen LogP contribution in [0.5, 0.6) is 5.75 Å². The number of amides is 1. The van der Waals surface area contributed by atoms with Crippen molar-refractivity contribution < 1.29 is 9.53 Å². The molecule has 6 heteroatoms. The number of rotatable bonds is 4. The van der Waals surface area contributed by atoms with E-state index >= 15 is 0 Å². The fraction of sp³-hybridized carbons (Fsp3) is 0.200. The summed E-state index contributed by atoms with van der Waals surface area (Å²) >= 11 is 1.61. The zero-order chi connectivity index (χ0) is 17.8. The van der Waals surface area contributed by atoms with E-state index in [-0.39, 0.29) is 5.91 Å². The number of carbonyl (C=O) groups excluding carboxylic acids is 1. The SMILES string of the molecule is O=C(NCc1ccc(-c2nccs2)cc1)c1cccc2c1OCCNC2. The average Bonchev–Trinajstić information content (AvgIpc) is 3.11. The number of fused-ring (bicyclic) bond motifs is 1. The zero-order valence-corrected chi connectivity index (χ0v) is 15.0. The van der Waals surface area contributed by atoms with Crippen molar-refractivity contribution in [2.45, 2.75) is 13.1 Å². The van der Waals surface area contributed by atoms with Crippen molar-refractivity contribution in [1.82, 2.24) is 15.6 Å². The molecule has 1 aliphatic rings. The van der Waals surface area contributed by atoms with Crippen LogP contribution in [-0.4, -0.2) is 24.0 Å². The molecule has 2 N–H and O–H groups in total. The quantitative estimate of drug-likeness (QED) is 0.745. The third-order valence-corrected chi connectivity index (χ3v) is 5.09. The average molecular weight is 365 g/mol. The third-order valence-electron chi connectivity index (χ3n) is 4.27. The van der Waals surface area contributed by atoms with Crippen LogP contribution in [0.4, 0.5) is 0 Å². The Morgan fingerprint density at radius 3 is 2.92 bits per heavy atom. The molecule has 4 rings (SSSR count). The van der Waals surface area contributed by atoms with Gasteiger partial charge in [0, 0.05) is 42.3 Å². The molecule has 0 fully saturated rings. The fourth-order valence-electron chi connectivity index (χ4n) is 2.93. The molecule has 0 spiro atoms. The van der Waals surface area contributed by atoms with Gasteiger partial charge in [0.25, 0.3) is 5.91 Å². The van der Waals surface area contributed by atoms with E-state index in [1.807, 2.05) is 47.8 Å². The van der Waals surface area contributed by atoms with Crippen LogP contribution in [0.2, 0.25) is 0 Å². The third kappa shape index (κ3) is 3.61. The number of carbonyl (C=O) groups is 1. The van der Waals surface area contributed by atoms with Crippen LogP contribution in [0.15, 0.2) is 54.0 Å². The summed E-state index contributed by atoms with van der Waals surface area (Å²) in [4.78, 5) is 16.9.